The van der Waals surface area contributed by atoms with Crippen LogP contribution < -0.4 is 4.90 Å². The quantitative estimate of drug-likeness (QED) is 0.531. The second-order valence-electron chi connectivity index (χ2n) is 6.83. The van der Waals surface area contributed by atoms with Crippen LogP contribution in [-0.2, 0) is 0 Å². The zero-order valence-corrected chi connectivity index (χ0v) is 16.0. The predicted octanol–water partition coefficient (Wildman–Crippen LogP) is 4.60. The molecule has 0 atom stereocenters. The van der Waals surface area contributed by atoms with E-state index in [-0.39, 0.29) is 0 Å². The molecule has 0 bridgehead atoms. The zero-order valence-electron chi connectivity index (χ0n) is 16.0. The van der Waals surface area contributed by atoms with Gasteiger partial charge in [-0.1, -0.05) is 18.2 Å². The number of fused-ring (bicyclic) bond motifs is 1. The molecule has 28 heavy (non-hydrogen) atoms. The highest BCUT2D eigenvalue weighted by Crippen LogP contribution is 2.33. The van der Waals surface area contributed by atoms with E-state index in [0.29, 0.717) is 11.4 Å². The van der Waals surface area contributed by atoms with E-state index in [1.54, 1.807) is 12.4 Å². The molecule has 0 spiro atoms. The normalized spacial score (nSPS) is 10.6. The fourth-order valence-corrected chi connectivity index (χ4v) is 3.32. The molecule has 2 aromatic heterocycles. The largest absolute Gasteiger partial charge is 0.362 e. The lowest BCUT2D eigenvalue weighted by molar-refractivity contribution is 1.06. The first-order chi connectivity index (χ1) is 13.6. The van der Waals surface area contributed by atoms with Crippen molar-refractivity contribution in [2.75, 3.05) is 19.0 Å². The average Bonchev–Trinajstić information content (AvgIpc) is 2.74. The number of hydrogen-bond acceptors (Lipinski definition) is 5. The second-order valence-corrected chi connectivity index (χ2v) is 6.83. The molecule has 5 nitrogen and oxygen atoms in total. The lowest BCUT2D eigenvalue weighted by atomic mass is 9.97. The van der Waals surface area contributed by atoms with Gasteiger partial charge in [-0.05, 0) is 53.9 Å². The van der Waals surface area contributed by atoms with Crippen LogP contribution >= 0.6 is 0 Å². The van der Waals surface area contributed by atoms with E-state index < -0.39 is 0 Å². The van der Waals surface area contributed by atoms with Gasteiger partial charge in [0, 0.05) is 37.4 Å². The number of hydrogen-bond donors (Lipinski definition) is 0. The Morgan fingerprint density at radius 3 is 2.36 bits per heavy atom. The Balaban J connectivity index is 1.96. The zero-order chi connectivity index (χ0) is 19.7. The highest BCUT2D eigenvalue weighted by atomic mass is 15.2. The van der Waals surface area contributed by atoms with Crippen molar-refractivity contribution in [3.63, 3.8) is 0 Å². The molecule has 0 saturated carbocycles. The molecule has 0 radical (unpaired) electrons. The van der Waals surface area contributed by atoms with Gasteiger partial charge in [0.1, 0.15) is 5.82 Å². The van der Waals surface area contributed by atoms with Crippen molar-refractivity contribution in [1.29, 1.82) is 5.26 Å². The summed E-state index contributed by atoms with van der Waals surface area (Å²) in [6, 6.07) is 17.8. The standard InChI is InChI=1S/C23H19N5/c1-15-19(17-8-6-16(13-24)7-9-17)10-11-20-21(15)26-22(27-23(20)28(2)3)18-5-4-12-25-14-18/h4-12,14H,1-3H3. The van der Waals surface area contributed by atoms with Gasteiger partial charge in [0.15, 0.2) is 5.82 Å². The average molecular weight is 365 g/mol. The fraction of sp³-hybridized carbons (Fsp3) is 0.130. The topological polar surface area (TPSA) is 65.7 Å². The van der Waals surface area contributed by atoms with E-state index >= 15 is 0 Å². The Hall–Kier alpha value is -3.78. The van der Waals surface area contributed by atoms with E-state index in [9.17, 15) is 0 Å². The van der Waals surface area contributed by atoms with Crippen molar-refractivity contribution in [2.45, 2.75) is 6.92 Å². The number of pyridine rings is 1. The number of nitrogens with zero attached hydrogens (tertiary/aromatic N) is 5. The van der Waals surface area contributed by atoms with Crippen LogP contribution in [0.15, 0.2) is 60.9 Å². The van der Waals surface area contributed by atoms with Crippen molar-refractivity contribution >= 4 is 16.7 Å². The molecule has 0 amide bonds. The number of nitriles is 1. The molecule has 136 valence electrons. The molecule has 4 aromatic rings. The van der Waals surface area contributed by atoms with Crippen LogP contribution in [-0.4, -0.2) is 29.0 Å². The van der Waals surface area contributed by atoms with Gasteiger partial charge in [0.25, 0.3) is 0 Å². The van der Waals surface area contributed by atoms with E-state index in [0.717, 1.165) is 39.0 Å². The number of aryl methyl sites for hydroxylation is 1. The second kappa shape index (κ2) is 7.09. The van der Waals surface area contributed by atoms with Crippen LogP contribution in [0.1, 0.15) is 11.1 Å². The minimum absolute atomic E-state index is 0.651. The van der Waals surface area contributed by atoms with Crippen LogP contribution in [0.2, 0.25) is 0 Å². The fourth-order valence-electron chi connectivity index (χ4n) is 3.32. The Bertz CT molecular complexity index is 1190. The summed E-state index contributed by atoms with van der Waals surface area (Å²) in [5.74, 6) is 1.53. The summed E-state index contributed by atoms with van der Waals surface area (Å²) >= 11 is 0. The van der Waals surface area contributed by atoms with E-state index in [4.69, 9.17) is 15.2 Å². The van der Waals surface area contributed by atoms with Gasteiger partial charge in [-0.25, -0.2) is 9.97 Å². The predicted molar refractivity (Wildman–Crippen MR) is 112 cm³/mol. The number of rotatable bonds is 3. The lowest BCUT2D eigenvalue weighted by Crippen LogP contribution is -2.12. The third kappa shape index (κ3) is 3.06. The van der Waals surface area contributed by atoms with Crippen molar-refractivity contribution < 1.29 is 0 Å². The van der Waals surface area contributed by atoms with E-state index in [1.807, 2.05) is 55.4 Å². The molecule has 2 heterocycles. The summed E-state index contributed by atoms with van der Waals surface area (Å²) in [4.78, 5) is 15.9. The van der Waals surface area contributed by atoms with Gasteiger partial charge in [0.05, 0.1) is 17.1 Å². The van der Waals surface area contributed by atoms with Crippen molar-refractivity contribution in [3.8, 4) is 28.6 Å². The molecular formula is C23H19N5. The SMILES string of the molecule is Cc1c(-c2ccc(C#N)cc2)ccc2c(N(C)C)nc(-c3cccnc3)nc12. The maximum atomic E-state index is 9.04. The van der Waals surface area contributed by atoms with E-state index in [2.05, 4.69) is 30.1 Å². The smallest absolute Gasteiger partial charge is 0.163 e. The Kier molecular flexibility index (Phi) is 4.46. The summed E-state index contributed by atoms with van der Waals surface area (Å²) in [5, 5.41) is 10.0. The molecule has 2 aromatic carbocycles. The molecule has 5 heteroatoms. The number of benzene rings is 2. The summed E-state index contributed by atoms with van der Waals surface area (Å²) < 4.78 is 0. The molecule has 0 aliphatic carbocycles. The van der Waals surface area contributed by atoms with Crippen LogP contribution in [0.3, 0.4) is 0 Å². The number of anilines is 1. The lowest BCUT2D eigenvalue weighted by Gasteiger charge is -2.18. The molecule has 0 fully saturated rings. The maximum Gasteiger partial charge on any atom is 0.163 e. The molecule has 4 rings (SSSR count). The summed E-state index contributed by atoms with van der Waals surface area (Å²) in [7, 11) is 3.97. The molecule has 0 saturated heterocycles. The first-order valence-corrected chi connectivity index (χ1v) is 8.98. The van der Waals surface area contributed by atoms with Gasteiger partial charge < -0.3 is 4.90 Å². The monoisotopic (exact) mass is 365 g/mol. The molecule has 0 aliphatic heterocycles. The van der Waals surface area contributed by atoms with Crippen LogP contribution in [0, 0.1) is 18.3 Å². The van der Waals surface area contributed by atoms with Gasteiger partial charge in [-0.3, -0.25) is 4.98 Å². The van der Waals surface area contributed by atoms with E-state index in [1.165, 1.54) is 0 Å². The van der Waals surface area contributed by atoms with Gasteiger partial charge >= 0.3 is 0 Å². The summed E-state index contributed by atoms with van der Waals surface area (Å²) in [5.41, 5.74) is 5.69. The number of aromatic nitrogens is 3. The van der Waals surface area contributed by atoms with Crippen molar-refractivity contribution in [3.05, 3.63) is 72.1 Å². The minimum Gasteiger partial charge on any atom is -0.362 e. The Morgan fingerprint density at radius 1 is 0.929 bits per heavy atom. The molecule has 0 aliphatic rings. The highest BCUT2D eigenvalue weighted by Gasteiger charge is 2.15. The van der Waals surface area contributed by atoms with Gasteiger partial charge in [0.2, 0.25) is 0 Å². The summed E-state index contributed by atoms with van der Waals surface area (Å²) in [6.07, 6.45) is 3.52. The molecule has 0 unspecified atom stereocenters. The Labute approximate surface area is 163 Å². The third-order valence-electron chi connectivity index (χ3n) is 4.77. The highest BCUT2D eigenvalue weighted by molar-refractivity contribution is 5.96. The summed E-state index contributed by atoms with van der Waals surface area (Å²) in [6.45, 7) is 2.08. The first kappa shape index (κ1) is 17.6. The maximum absolute atomic E-state index is 9.04. The molecule has 0 N–H and O–H groups in total. The van der Waals surface area contributed by atoms with Crippen molar-refractivity contribution in [2.24, 2.45) is 0 Å². The van der Waals surface area contributed by atoms with Crippen LogP contribution in [0.4, 0.5) is 5.82 Å². The molecular weight excluding hydrogens is 346 g/mol. The Morgan fingerprint density at radius 2 is 1.71 bits per heavy atom. The minimum atomic E-state index is 0.651. The third-order valence-corrected chi connectivity index (χ3v) is 4.77. The van der Waals surface area contributed by atoms with Crippen LogP contribution in [0.25, 0.3) is 33.4 Å². The van der Waals surface area contributed by atoms with Crippen LogP contribution in [0.5, 0.6) is 0 Å². The van der Waals surface area contributed by atoms with Gasteiger partial charge in [-0.2, -0.15) is 5.26 Å². The van der Waals surface area contributed by atoms with Crippen molar-refractivity contribution in [1.82, 2.24) is 15.0 Å². The van der Waals surface area contributed by atoms with Gasteiger partial charge in [-0.15, -0.1) is 0 Å². The first-order valence-electron chi connectivity index (χ1n) is 8.98.